The van der Waals surface area contributed by atoms with Crippen LogP contribution < -0.4 is 20.1 Å². The van der Waals surface area contributed by atoms with Crippen LogP contribution in [-0.4, -0.2) is 134 Å². The highest BCUT2D eigenvalue weighted by atomic mass is 32.2. The standard InChI is InChI=1S/C42H60N6O11S/c1-41(2,3)59-39(52)43-34-11-8-6-4-5-7-10-30-24-42(30,38(51)45-60(54,55)33-14-15-33)44-36(49)35-23-32(27-48(35)37(34)50)58-40(53)47-25-28-12-13-31(22-29(28)26-47)57-19-9-16-46-17-20-56-21-18-46/h7,10,12-13,22,30,32-35H,4-6,8-9,11,14-21,23-27H2,1-3H3,(H,43,52)(H,44,49)(H,45,51)/b10-7-/t30-,32-,34+,35?,42-/m1/s1. The first-order valence-electron chi connectivity index (χ1n) is 21.5. The molecule has 7 rings (SSSR count). The number of nitrogens with one attached hydrogen (secondary N) is 3. The van der Waals surface area contributed by atoms with Gasteiger partial charge < -0.3 is 34.5 Å². The van der Waals surface area contributed by atoms with Gasteiger partial charge in [-0.15, -0.1) is 0 Å². The van der Waals surface area contributed by atoms with E-state index in [1.54, 1.807) is 25.7 Å². The van der Waals surface area contributed by atoms with Gasteiger partial charge in [-0.05, 0) is 89.0 Å². The third-order valence-corrected chi connectivity index (χ3v) is 13.8. The third-order valence-electron chi connectivity index (χ3n) is 12.0. The van der Waals surface area contributed by atoms with Crippen LogP contribution in [0.3, 0.4) is 0 Å². The first-order valence-corrected chi connectivity index (χ1v) is 23.0. The second kappa shape index (κ2) is 18.3. The minimum atomic E-state index is -3.92. The molecule has 6 aliphatic rings. The van der Waals surface area contributed by atoms with Crippen LogP contribution in [0.25, 0.3) is 0 Å². The molecular weight excluding hydrogens is 797 g/mol. The number of hydrogen-bond donors (Lipinski definition) is 3. The van der Waals surface area contributed by atoms with E-state index in [1.807, 2.05) is 30.4 Å². The van der Waals surface area contributed by atoms with Crippen LogP contribution in [0.4, 0.5) is 9.59 Å². The van der Waals surface area contributed by atoms with E-state index in [1.165, 1.54) is 4.90 Å². The third kappa shape index (κ3) is 10.9. The van der Waals surface area contributed by atoms with Crippen LogP contribution in [0.2, 0.25) is 0 Å². The molecule has 4 heterocycles. The summed E-state index contributed by atoms with van der Waals surface area (Å²) in [4.78, 5) is 74.5. The Balaban J connectivity index is 1.04. The van der Waals surface area contributed by atoms with E-state index in [0.717, 1.165) is 69.0 Å². The van der Waals surface area contributed by atoms with Gasteiger partial charge in [-0.25, -0.2) is 18.0 Å². The van der Waals surface area contributed by atoms with Gasteiger partial charge in [0, 0.05) is 45.1 Å². The van der Waals surface area contributed by atoms with Crippen molar-refractivity contribution in [3.63, 3.8) is 0 Å². The number of carbonyl (C=O) groups is 5. The number of alkyl carbamates (subject to hydrolysis) is 1. The molecule has 0 aromatic heterocycles. The molecule has 1 unspecified atom stereocenters. The minimum absolute atomic E-state index is 0.0791. The smallest absolute Gasteiger partial charge is 0.410 e. The fraction of sp³-hybridized carbons (Fsp3) is 0.690. The van der Waals surface area contributed by atoms with E-state index < -0.39 is 80.4 Å². The van der Waals surface area contributed by atoms with Gasteiger partial charge in [-0.1, -0.05) is 31.1 Å². The summed E-state index contributed by atoms with van der Waals surface area (Å²) in [5, 5.41) is 4.90. The van der Waals surface area contributed by atoms with E-state index in [9.17, 15) is 32.4 Å². The normalized spacial score (nSPS) is 28.2. The second-order valence-corrected chi connectivity index (χ2v) is 19.9. The van der Waals surface area contributed by atoms with Gasteiger partial charge in [0.15, 0.2) is 0 Å². The maximum Gasteiger partial charge on any atom is 0.410 e. The summed E-state index contributed by atoms with van der Waals surface area (Å²) in [6.07, 6.45) is 6.41. The van der Waals surface area contributed by atoms with Crippen molar-refractivity contribution in [2.45, 2.75) is 133 Å². The van der Waals surface area contributed by atoms with E-state index in [0.29, 0.717) is 38.8 Å². The van der Waals surface area contributed by atoms with E-state index >= 15 is 0 Å². The average molecular weight is 857 g/mol. The maximum atomic E-state index is 14.5. The van der Waals surface area contributed by atoms with Gasteiger partial charge in [0.25, 0.3) is 5.91 Å². The highest BCUT2D eigenvalue weighted by molar-refractivity contribution is 7.91. The van der Waals surface area contributed by atoms with Crippen LogP contribution in [0.5, 0.6) is 5.75 Å². The molecule has 4 fully saturated rings. The lowest BCUT2D eigenvalue weighted by molar-refractivity contribution is -0.141. The van der Waals surface area contributed by atoms with Crippen molar-refractivity contribution in [3.05, 3.63) is 41.5 Å². The zero-order valence-electron chi connectivity index (χ0n) is 34.9. The van der Waals surface area contributed by atoms with Gasteiger partial charge in [0.1, 0.15) is 35.1 Å². The molecule has 17 nitrogen and oxygen atoms in total. The molecule has 0 radical (unpaired) electrons. The molecule has 5 atom stereocenters. The van der Waals surface area contributed by atoms with Crippen molar-refractivity contribution in [2.75, 3.05) is 46.0 Å². The highest BCUT2D eigenvalue weighted by Crippen LogP contribution is 2.46. The van der Waals surface area contributed by atoms with Crippen LogP contribution in [-0.2, 0) is 51.7 Å². The SMILES string of the molecule is CC(C)(C)OC(=O)N[C@H]1CCCCC/C=C\[C@@H]2C[C@@]2(C(=O)NS(=O)(=O)C2CC2)NC(=O)C2C[C@@H](OC(=O)N3Cc4ccc(OCCCN5CCOCC5)cc4C3)CN2C1=O. The van der Waals surface area contributed by atoms with E-state index in [4.69, 9.17) is 18.9 Å². The number of hydrogen-bond acceptors (Lipinski definition) is 12. The summed E-state index contributed by atoms with van der Waals surface area (Å²) in [6, 6.07) is 3.52. The number of benzene rings is 1. The zero-order valence-corrected chi connectivity index (χ0v) is 35.8. The summed E-state index contributed by atoms with van der Waals surface area (Å²) in [5.41, 5.74) is -0.482. The molecule has 0 spiro atoms. The molecule has 1 aromatic rings. The van der Waals surface area contributed by atoms with Crippen LogP contribution in [0, 0.1) is 5.92 Å². The average Bonchev–Trinajstić information content (AvgIpc) is 4.08. The van der Waals surface area contributed by atoms with Crippen LogP contribution in [0.15, 0.2) is 30.4 Å². The Morgan fingerprint density at radius 2 is 1.78 bits per heavy atom. The number of allylic oxidation sites excluding steroid dienone is 1. The first kappa shape index (κ1) is 43.7. The molecule has 2 saturated carbocycles. The lowest BCUT2D eigenvalue weighted by Crippen LogP contribution is -2.58. The summed E-state index contributed by atoms with van der Waals surface area (Å²) >= 11 is 0. The Kier molecular flexibility index (Phi) is 13.3. The van der Waals surface area contributed by atoms with Gasteiger partial charge in [-0.3, -0.25) is 28.9 Å². The first-order chi connectivity index (χ1) is 28.6. The maximum absolute atomic E-state index is 14.5. The highest BCUT2D eigenvalue weighted by Gasteiger charge is 2.62. The Bertz CT molecular complexity index is 1930. The molecule has 18 heteroatoms. The number of morpholine rings is 1. The Morgan fingerprint density at radius 1 is 1.02 bits per heavy atom. The van der Waals surface area contributed by atoms with Crippen molar-refractivity contribution >= 4 is 39.9 Å². The van der Waals surface area contributed by atoms with Crippen LogP contribution in [0.1, 0.15) is 96.1 Å². The largest absolute Gasteiger partial charge is 0.494 e. The molecular formula is C42H60N6O11S. The van der Waals surface area contributed by atoms with Crippen molar-refractivity contribution in [1.29, 1.82) is 0 Å². The number of ether oxygens (including phenoxy) is 4. The van der Waals surface area contributed by atoms with Crippen molar-refractivity contribution in [3.8, 4) is 5.75 Å². The molecule has 2 aliphatic carbocycles. The predicted molar refractivity (Wildman–Crippen MR) is 218 cm³/mol. The molecule has 60 heavy (non-hydrogen) atoms. The Hall–Kier alpha value is -4.42. The summed E-state index contributed by atoms with van der Waals surface area (Å²) in [6.45, 7) is 10.4. The molecule has 330 valence electrons. The zero-order chi connectivity index (χ0) is 42.7. The lowest BCUT2D eigenvalue weighted by atomic mass is 10.0. The van der Waals surface area contributed by atoms with Gasteiger partial charge in [0.05, 0.1) is 31.6 Å². The second-order valence-electron chi connectivity index (χ2n) is 17.9. The van der Waals surface area contributed by atoms with Gasteiger partial charge in [-0.2, -0.15) is 0 Å². The number of amides is 5. The fourth-order valence-electron chi connectivity index (χ4n) is 8.41. The molecule has 2 saturated heterocycles. The van der Waals surface area contributed by atoms with E-state index in [-0.39, 0.29) is 32.4 Å². The number of fused-ring (bicyclic) bond motifs is 3. The van der Waals surface area contributed by atoms with Crippen molar-refractivity contribution < 1.29 is 51.3 Å². The van der Waals surface area contributed by atoms with Gasteiger partial charge >= 0.3 is 12.2 Å². The quantitative estimate of drug-likeness (QED) is 0.230. The molecule has 0 bridgehead atoms. The predicted octanol–water partition coefficient (Wildman–Crippen LogP) is 3.11. The number of sulfonamides is 1. The Labute approximate surface area is 352 Å². The molecule has 3 N–H and O–H groups in total. The minimum Gasteiger partial charge on any atom is -0.494 e. The van der Waals surface area contributed by atoms with Crippen molar-refractivity contribution in [1.82, 2.24) is 30.1 Å². The van der Waals surface area contributed by atoms with E-state index in [2.05, 4.69) is 20.3 Å². The Morgan fingerprint density at radius 3 is 2.53 bits per heavy atom. The van der Waals surface area contributed by atoms with Crippen molar-refractivity contribution in [2.24, 2.45) is 5.92 Å². The number of nitrogens with zero attached hydrogens (tertiary/aromatic N) is 3. The van der Waals surface area contributed by atoms with Gasteiger partial charge in [0.2, 0.25) is 21.8 Å². The molecule has 1 aromatic carbocycles. The van der Waals surface area contributed by atoms with Crippen LogP contribution >= 0.6 is 0 Å². The fourth-order valence-corrected chi connectivity index (χ4v) is 9.77. The summed E-state index contributed by atoms with van der Waals surface area (Å²) in [7, 11) is -3.92. The monoisotopic (exact) mass is 856 g/mol. The topological polar surface area (TPSA) is 202 Å². The molecule has 4 aliphatic heterocycles. The summed E-state index contributed by atoms with van der Waals surface area (Å²) < 4.78 is 50.9. The lowest BCUT2D eigenvalue weighted by Gasteiger charge is -2.30. The number of carbonyl (C=O) groups excluding carboxylic acids is 5. The number of rotatable bonds is 10. The summed E-state index contributed by atoms with van der Waals surface area (Å²) in [5.74, 6) is -1.80. The molecule has 5 amide bonds.